The summed E-state index contributed by atoms with van der Waals surface area (Å²) in [6.45, 7) is 6.10. The van der Waals surface area contributed by atoms with Crippen molar-refractivity contribution < 1.29 is 14.3 Å². The molecule has 1 aromatic heterocycles. The summed E-state index contributed by atoms with van der Waals surface area (Å²) in [5, 5.41) is 3.01. The van der Waals surface area contributed by atoms with Crippen LogP contribution in [0.1, 0.15) is 60.5 Å². The molecule has 6 heteroatoms. The van der Waals surface area contributed by atoms with E-state index in [-0.39, 0.29) is 17.4 Å². The van der Waals surface area contributed by atoms with Crippen LogP contribution in [-0.4, -0.2) is 35.5 Å². The number of aryl methyl sites for hydroxylation is 1. The third kappa shape index (κ3) is 2.89. The first-order valence-electron chi connectivity index (χ1n) is 10.2. The highest BCUT2D eigenvalue weighted by Crippen LogP contribution is 2.52. The van der Waals surface area contributed by atoms with E-state index in [1.54, 1.807) is 11.3 Å². The fourth-order valence-corrected chi connectivity index (χ4v) is 5.77. The standard InChI is InChI=1S/C22H26N2O3S/c1-14-17-10-19-20(27-8-7-26-19)11-18(17)22(5-3-4-6-22)13-24(14)21(25)9-16-12-28-15(2)23-16/h10-12,14H,3-9,13H2,1-2H3. The van der Waals surface area contributed by atoms with E-state index in [4.69, 9.17) is 9.47 Å². The summed E-state index contributed by atoms with van der Waals surface area (Å²) in [7, 11) is 0. The van der Waals surface area contributed by atoms with Crippen LogP contribution in [-0.2, 0) is 16.6 Å². The van der Waals surface area contributed by atoms with Gasteiger partial charge in [0.15, 0.2) is 11.5 Å². The second kappa shape index (κ2) is 6.76. The number of nitrogens with zero attached hydrogens (tertiary/aromatic N) is 2. The average Bonchev–Trinajstić information content (AvgIpc) is 3.33. The molecule has 1 unspecified atom stereocenters. The summed E-state index contributed by atoms with van der Waals surface area (Å²) in [5.41, 5.74) is 3.52. The van der Waals surface area contributed by atoms with Gasteiger partial charge in [0, 0.05) is 17.3 Å². The Labute approximate surface area is 169 Å². The maximum Gasteiger partial charge on any atom is 0.229 e. The topological polar surface area (TPSA) is 51.7 Å². The number of hydrogen-bond acceptors (Lipinski definition) is 5. The van der Waals surface area contributed by atoms with Gasteiger partial charge in [0.05, 0.1) is 23.2 Å². The third-order valence-electron chi connectivity index (χ3n) is 6.56. The average molecular weight is 399 g/mol. The van der Waals surface area contributed by atoms with Crippen LogP contribution in [0.15, 0.2) is 17.5 Å². The number of amides is 1. The number of thiazole rings is 1. The molecule has 0 bridgehead atoms. The van der Waals surface area contributed by atoms with Gasteiger partial charge in [-0.3, -0.25) is 4.79 Å². The quantitative estimate of drug-likeness (QED) is 0.761. The van der Waals surface area contributed by atoms with Gasteiger partial charge < -0.3 is 14.4 Å². The number of carbonyl (C=O) groups excluding carboxylic acids is 1. The monoisotopic (exact) mass is 398 g/mol. The van der Waals surface area contributed by atoms with Crippen molar-refractivity contribution in [3.8, 4) is 11.5 Å². The summed E-state index contributed by atoms with van der Waals surface area (Å²) in [4.78, 5) is 19.8. The molecule has 3 aliphatic rings. The van der Waals surface area contributed by atoms with Crippen molar-refractivity contribution in [2.45, 2.75) is 57.4 Å². The molecule has 1 spiro atoms. The summed E-state index contributed by atoms with van der Waals surface area (Å²) >= 11 is 1.60. The lowest BCUT2D eigenvalue weighted by Gasteiger charge is -2.46. The van der Waals surface area contributed by atoms with Crippen molar-refractivity contribution >= 4 is 17.2 Å². The lowest BCUT2D eigenvalue weighted by atomic mass is 9.71. The molecular weight excluding hydrogens is 372 g/mol. The van der Waals surface area contributed by atoms with Crippen LogP contribution in [0.3, 0.4) is 0 Å². The minimum Gasteiger partial charge on any atom is -0.486 e. The number of rotatable bonds is 2. The van der Waals surface area contributed by atoms with Crippen molar-refractivity contribution in [1.29, 1.82) is 0 Å². The summed E-state index contributed by atoms with van der Waals surface area (Å²) in [6, 6.07) is 4.36. The minimum atomic E-state index is 0.0317. The van der Waals surface area contributed by atoms with Gasteiger partial charge in [-0.2, -0.15) is 0 Å². The third-order valence-corrected chi connectivity index (χ3v) is 7.38. The van der Waals surface area contributed by atoms with Crippen molar-refractivity contribution in [3.05, 3.63) is 39.3 Å². The first kappa shape index (κ1) is 18.0. The molecule has 28 heavy (non-hydrogen) atoms. The highest BCUT2D eigenvalue weighted by atomic mass is 32.1. The van der Waals surface area contributed by atoms with E-state index in [2.05, 4.69) is 28.9 Å². The molecule has 5 nitrogen and oxygen atoms in total. The number of benzene rings is 1. The summed E-state index contributed by atoms with van der Waals surface area (Å²) in [6.07, 6.45) is 5.08. The molecule has 0 N–H and O–H groups in total. The van der Waals surface area contributed by atoms with E-state index in [0.29, 0.717) is 19.6 Å². The maximum atomic E-state index is 13.3. The van der Waals surface area contributed by atoms with Gasteiger partial charge in [-0.25, -0.2) is 4.98 Å². The molecule has 5 rings (SSSR count). The minimum absolute atomic E-state index is 0.0317. The van der Waals surface area contributed by atoms with Crippen molar-refractivity contribution in [3.63, 3.8) is 0 Å². The van der Waals surface area contributed by atoms with Gasteiger partial charge in [0.25, 0.3) is 0 Å². The van der Waals surface area contributed by atoms with E-state index >= 15 is 0 Å². The maximum absolute atomic E-state index is 13.3. The van der Waals surface area contributed by atoms with E-state index in [9.17, 15) is 4.79 Å². The first-order valence-corrected chi connectivity index (χ1v) is 11.1. The molecule has 1 aliphatic carbocycles. The van der Waals surface area contributed by atoms with E-state index in [0.717, 1.165) is 41.6 Å². The lowest BCUT2D eigenvalue weighted by molar-refractivity contribution is -0.134. The Kier molecular flexibility index (Phi) is 4.34. The zero-order valence-electron chi connectivity index (χ0n) is 16.5. The molecular formula is C22H26N2O3S. The van der Waals surface area contributed by atoms with Crippen molar-refractivity contribution in [2.24, 2.45) is 0 Å². The number of fused-ring (bicyclic) bond motifs is 3. The molecule has 0 saturated heterocycles. The van der Waals surface area contributed by atoms with Gasteiger partial charge in [0.2, 0.25) is 5.91 Å². The fourth-order valence-electron chi connectivity index (χ4n) is 5.15. The summed E-state index contributed by atoms with van der Waals surface area (Å²) < 4.78 is 11.7. The smallest absolute Gasteiger partial charge is 0.229 e. The molecule has 1 atom stereocenters. The number of carbonyl (C=O) groups is 1. The molecule has 1 aromatic carbocycles. The predicted octanol–water partition coefficient (Wildman–Crippen LogP) is 4.18. The summed E-state index contributed by atoms with van der Waals surface area (Å²) in [5.74, 6) is 1.85. The number of aromatic nitrogens is 1. The van der Waals surface area contributed by atoms with E-state index < -0.39 is 0 Å². The Hall–Kier alpha value is -2.08. The van der Waals surface area contributed by atoms with Crippen molar-refractivity contribution in [1.82, 2.24) is 9.88 Å². The van der Waals surface area contributed by atoms with E-state index in [1.165, 1.54) is 24.0 Å². The number of hydrogen-bond donors (Lipinski definition) is 0. The Balaban J connectivity index is 1.53. The van der Waals surface area contributed by atoms with Gasteiger partial charge in [0.1, 0.15) is 13.2 Å². The SMILES string of the molecule is Cc1nc(CC(=O)N2CC3(CCCC3)c3cc4c(cc3C2C)OCCO4)cs1. The second-order valence-corrected chi connectivity index (χ2v) is 9.37. The first-order chi connectivity index (χ1) is 13.6. The fraction of sp³-hybridized carbons (Fsp3) is 0.545. The lowest BCUT2D eigenvalue weighted by Crippen LogP contribution is -2.49. The Bertz CT molecular complexity index is 917. The Morgan fingerprint density at radius 2 is 1.96 bits per heavy atom. The molecule has 0 radical (unpaired) electrons. The van der Waals surface area contributed by atoms with Gasteiger partial charge in [-0.15, -0.1) is 11.3 Å². The number of ether oxygens (including phenoxy) is 2. The van der Waals surface area contributed by atoms with E-state index in [1.807, 2.05) is 12.3 Å². The second-order valence-electron chi connectivity index (χ2n) is 8.30. The molecule has 2 aromatic rings. The van der Waals surface area contributed by atoms with Gasteiger partial charge in [-0.1, -0.05) is 12.8 Å². The highest BCUT2D eigenvalue weighted by Gasteiger charge is 2.46. The van der Waals surface area contributed by atoms with Crippen LogP contribution in [0.4, 0.5) is 0 Å². The van der Waals surface area contributed by atoms with Crippen molar-refractivity contribution in [2.75, 3.05) is 19.8 Å². The van der Waals surface area contributed by atoms with Crippen LogP contribution in [0.25, 0.3) is 0 Å². The molecule has 1 saturated carbocycles. The van der Waals surface area contributed by atoms with Crippen LogP contribution in [0.5, 0.6) is 11.5 Å². The highest BCUT2D eigenvalue weighted by molar-refractivity contribution is 7.09. The zero-order chi connectivity index (χ0) is 19.3. The van der Waals surface area contributed by atoms with Gasteiger partial charge in [-0.05, 0) is 49.9 Å². The molecule has 1 amide bonds. The Morgan fingerprint density at radius 1 is 1.25 bits per heavy atom. The van der Waals surface area contributed by atoms with Crippen LogP contribution in [0, 0.1) is 6.92 Å². The molecule has 148 valence electrons. The van der Waals surface area contributed by atoms with Gasteiger partial charge >= 0.3 is 0 Å². The zero-order valence-corrected chi connectivity index (χ0v) is 17.3. The Morgan fingerprint density at radius 3 is 2.64 bits per heavy atom. The predicted molar refractivity (Wildman–Crippen MR) is 108 cm³/mol. The molecule has 3 heterocycles. The largest absolute Gasteiger partial charge is 0.486 e. The van der Waals surface area contributed by atoms with Crippen LogP contribution in [0.2, 0.25) is 0 Å². The molecule has 1 fully saturated rings. The normalized spacial score (nSPS) is 22.4. The van der Waals surface area contributed by atoms with Crippen LogP contribution < -0.4 is 9.47 Å². The molecule has 2 aliphatic heterocycles. The van der Waals surface area contributed by atoms with Crippen LogP contribution >= 0.6 is 11.3 Å².